The Morgan fingerprint density at radius 3 is 1.93 bits per heavy atom. The molecule has 0 N–H and O–H groups in total. The van der Waals surface area contributed by atoms with Crippen molar-refractivity contribution in [1.29, 1.82) is 0 Å². The van der Waals surface area contributed by atoms with Gasteiger partial charge in [-0.25, -0.2) is 0 Å². The van der Waals surface area contributed by atoms with Crippen LogP contribution in [0.2, 0.25) is 0 Å². The average molecular weight is 720 g/mol. The van der Waals surface area contributed by atoms with Crippen molar-refractivity contribution in [2.75, 3.05) is 4.90 Å². The number of anilines is 3. The molecule has 3 nitrogen and oxygen atoms in total. The van der Waals surface area contributed by atoms with Gasteiger partial charge in [0.05, 0.1) is 17.6 Å². The molecule has 11 rings (SSSR count). The standard InChI is InChI=1S/C53H37NO2/c1-53(2)44-22-7-4-18-41(44)52-45(53)23-13-25-47(52)54(46-24-8-5-19-42(46)50-32-36-14-3-9-26-48(36)56-50)37-30-28-34(29-31-37)38-20-11-15-35-16-12-21-40(51(35)38)43-33-55-49-27-10-6-17-39(43)49/h3-33H,1-2H3. The van der Waals surface area contributed by atoms with E-state index in [9.17, 15) is 0 Å². The van der Waals surface area contributed by atoms with E-state index in [0.29, 0.717) is 0 Å². The molecule has 2 heterocycles. The van der Waals surface area contributed by atoms with Crippen LogP contribution in [-0.2, 0) is 5.41 Å². The van der Waals surface area contributed by atoms with Gasteiger partial charge in [-0.1, -0.05) is 147 Å². The molecular formula is C53H37NO2. The van der Waals surface area contributed by atoms with Crippen molar-refractivity contribution in [1.82, 2.24) is 0 Å². The van der Waals surface area contributed by atoms with Gasteiger partial charge in [0.25, 0.3) is 0 Å². The van der Waals surface area contributed by atoms with E-state index >= 15 is 0 Å². The monoisotopic (exact) mass is 719 g/mol. The summed E-state index contributed by atoms with van der Waals surface area (Å²) in [4.78, 5) is 2.43. The maximum atomic E-state index is 6.55. The van der Waals surface area contributed by atoms with Crippen LogP contribution in [0.3, 0.4) is 0 Å². The number of benzene rings is 8. The molecule has 0 atom stereocenters. The largest absolute Gasteiger partial charge is 0.464 e. The number of fused-ring (bicyclic) bond motifs is 6. The Kier molecular flexibility index (Phi) is 7.20. The van der Waals surface area contributed by atoms with Crippen LogP contribution >= 0.6 is 0 Å². The van der Waals surface area contributed by atoms with Gasteiger partial charge in [-0.3, -0.25) is 0 Å². The minimum atomic E-state index is -0.137. The highest BCUT2D eigenvalue weighted by Gasteiger charge is 2.38. The summed E-state index contributed by atoms with van der Waals surface area (Å²) in [6, 6.07) is 65.2. The summed E-state index contributed by atoms with van der Waals surface area (Å²) < 4.78 is 12.6. The third-order valence-corrected chi connectivity index (χ3v) is 11.8. The highest BCUT2D eigenvalue weighted by atomic mass is 16.3. The molecule has 2 aromatic heterocycles. The van der Waals surface area contributed by atoms with Gasteiger partial charge in [-0.15, -0.1) is 0 Å². The zero-order valence-electron chi connectivity index (χ0n) is 31.2. The molecule has 0 aliphatic heterocycles. The van der Waals surface area contributed by atoms with Crippen molar-refractivity contribution in [3.05, 3.63) is 199 Å². The lowest BCUT2D eigenvalue weighted by atomic mass is 9.82. The van der Waals surface area contributed by atoms with Crippen LogP contribution in [0.5, 0.6) is 0 Å². The van der Waals surface area contributed by atoms with Gasteiger partial charge in [0.1, 0.15) is 16.9 Å². The molecule has 0 unspecified atom stereocenters. The molecule has 8 aromatic carbocycles. The van der Waals surface area contributed by atoms with Gasteiger partial charge < -0.3 is 13.7 Å². The van der Waals surface area contributed by atoms with Crippen molar-refractivity contribution >= 4 is 49.8 Å². The number of para-hydroxylation sites is 3. The summed E-state index contributed by atoms with van der Waals surface area (Å²) in [7, 11) is 0. The summed E-state index contributed by atoms with van der Waals surface area (Å²) in [5.74, 6) is 0.840. The molecule has 0 saturated carbocycles. The van der Waals surface area contributed by atoms with E-state index in [0.717, 1.165) is 67.0 Å². The molecule has 0 bridgehead atoms. The molecular weight excluding hydrogens is 683 g/mol. The maximum Gasteiger partial charge on any atom is 0.137 e. The summed E-state index contributed by atoms with van der Waals surface area (Å²) in [6.07, 6.45) is 1.90. The highest BCUT2D eigenvalue weighted by Crippen LogP contribution is 2.55. The van der Waals surface area contributed by atoms with Crippen molar-refractivity contribution in [3.63, 3.8) is 0 Å². The maximum absolute atomic E-state index is 6.55. The minimum Gasteiger partial charge on any atom is -0.464 e. The summed E-state index contributed by atoms with van der Waals surface area (Å²) in [5, 5.41) is 4.60. The van der Waals surface area contributed by atoms with Gasteiger partial charge in [-0.2, -0.15) is 0 Å². The normalized spacial score (nSPS) is 13.0. The van der Waals surface area contributed by atoms with Crippen molar-refractivity contribution in [2.45, 2.75) is 19.3 Å². The summed E-state index contributed by atoms with van der Waals surface area (Å²) in [6.45, 7) is 4.68. The number of nitrogens with zero attached hydrogens (tertiary/aromatic N) is 1. The van der Waals surface area contributed by atoms with Gasteiger partial charge in [0.2, 0.25) is 0 Å². The van der Waals surface area contributed by atoms with Gasteiger partial charge in [0.15, 0.2) is 0 Å². The molecule has 266 valence electrons. The summed E-state index contributed by atoms with van der Waals surface area (Å²) >= 11 is 0. The smallest absolute Gasteiger partial charge is 0.137 e. The van der Waals surface area contributed by atoms with Crippen LogP contribution in [0.1, 0.15) is 25.0 Å². The first-order valence-corrected chi connectivity index (χ1v) is 19.2. The predicted molar refractivity (Wildman–Crippen MR) is 232 cm³/mol. The molecule has 0 fully saturated rings. The number of furan rings is 2. The molecule has 56 heavy (non-hydrogen) atoms. The Hall–Kier alpha value is -7.10. The van der Waals surface area contributed by atoms with Crippen LogP contribution in [0, 0.1) is 0 Å². The topological polar surface area (TPSA) is 29.5 Å². The second-order valence-electron chi connectivity index (χ2n) is 15.3. The van der Waals surface area contributed by atoms with E-state index in [1.165, 1.54) is 38.6 Å². The Morgan fingerprint density at radius 1 is 0.464 bits per heavy atom. The average Bonchev–Trinajstić information content (AvgIpc) is 3.94. The molecule has 1 aliphatic carbocycles. The first-order valence-electron chi connectivity index (χ1n) is 19.2. The van der Waals surface area contributed by atoms with E-state index in [1.807, 2.05) is 30.5 Å². The molecule has 3 heteroatoms. The minimum absolute atomic E-state index is 0.137. The predicted octanol–water partition coefficient (Wildman–Crippen LogP) is 15.1. The first kappa shape index (κ1) is 32.3. The molecule has 0 radical (unpaired) electrons. The quantitative estimate of drug-likeness (QED) is 0.171. The van der Waals surface area contributed by atoms with Gasteiger partial charge in [0, 0.05) is 38.6 Å². The second kappa shape index (κ2) is 12.5. The van der Waals surface area contributed by atoms with Crippen LogP contribution in [0.25, 0.3) is 77.4 Å². The molecule has 10 aromatic rings. The Balaban J connectivity index is 1.11. The van der Waals surface area contributed by atoms with E-state index in [1.54, 1.807) is 0 Å². The van der Waals surface area contributed by atoms with Gasteiger partial charge >= 0.3 is 0 Å². The van der Waals surface area contributed by atoms with Crippen molar-refractivity contribution in [3.8, 4) is 44.7 Å². The van der Waals surface area contributed by atoms with E-state index < -0.39 is 0 Å². The van der Waals surface area contributed by atoms with Crippen LogP contribution in [0.15, 0.2) is 197 Å². The zero-order valence-corrected chi connectivity index (χ0v) is 31.2. The van der Waals surface area contributed by atoms with Crippen molar-refractivity contribution < 1.29 is 8.83 Å². The Morgan fingerprint density at radius 2 is 1.09 bits per heavy atom. The second-order valence-corrected chi connectivity index (χ2v) is 15.3. The third kappa shape index (κ3) is 4.91. The third-order valence-electron chi connectivity index (χ3n) is 11.8. The fourth-order valence-corrected chi connectivity index (χ4v) is 9.10. The lowest BCUT2D eigenvalue weighted by Crippen LogP contribution is -2.16. The van der Waals surface area contributed by atoms with Crippen LogP contribution in [0.4, 0.5) is 17.1 Å². The van der Waals surface area contributed by atoms with Crippen LogP contribution < -0.4 is 4.90 Å². The van der Waals surface area contributed by atoms with Crippen molar-refractivity contribution in [2.24, 2.45) is 0 Å². The zero-order chi connectivity index (χ0) is 37.4. The number of hydrogen-bond donors (Lipinski definition) is 0. The highest BCUT2D eigenvalue weighted by molar-refractivity contribution is 6.10. The number of rotatable bonds is 6. The molecule has 0 amide bonds. The first-order chi connectivity index (χ1) is 27.5. The van der Waals surface area contributed by atoms with Gasteiger partial charge in [-0.05, 0) is 92.7 Å². The van der Waals surface area contributed by atoms with E-state index in [4.69, 9.17) is 8.83 Å². The van der Waals surface area contributed by atoms with E-state index in [2.05, 4.69) is 176 Å². The van der Waals surface area contributed by atoms with E-state index in [-0.39, 0.29) is 5.41 Å². The Bertz CT molecular complexity index is 3090. The number of hydrogen-bond acceptors (Lipinski definition) is 3. The Labute approximate surface area is 325 Å². The molecule has 0 saturated heterocycles. The molecule has 0 spiro atoms. The summed E-state index contributed by atoms with van der Waals surface area (Å²) in [5.41, 5.74) is 15.7. The fourth-order valence-electron chi connectivity index (χ4n) is 9.10. The fraction of sp³-hybridized carbons (Fsp3) is 0.0566. The molecule has 1 aliphatic rings. The van der Waals surface area contributed by atoms with Crippen LogP contribution in [-0.4, -0.2) is 0 Å². The SMILES string of the molecule is CC1(C)c2ccccc2-c2c(N(c3ccc(-c4cccc5cccc(-c6coc7ccccc67)c45)cc3)c3ccccc3-c3cc4ccccc4o3)cccc21. The lowest BCUT2D eigenvalue weighted by molar-refractivity contribution is 0.617. The lowest BCUT2D eigenvalue weighted by Gasteiger charge is -2.30.